The molecule has 0 bridgehead atoms. The van der Waals surface area contributed by atoms with E-state index in [1.807, 2.05) is 15.4 Å². The van der Waals surface area contributed by atoms with Crippen LogP contribution in [-0.2, 0) is 19.4 Å². The molecule has 5 rings (SSSR count). The minimum atomic E-state index is 0.829. The number of nitrogens with zero attached hydrogens (tertiary/aromatic N) is 6. The van der Waals surface area contributed by atoms with Gasteiger partial charge in [0.25, 0.3) is 0 Å². The zero-order valence-electron chi connectivity index (χ0n) is 19.2. The van der Waals surface area contributed by atoms with E-state index >= 15 is 0 Å². The average molecular weight is 430 g/mol. The summed E-state index contributed by atoms with van der Waals surface area (Å²) >= 11 is 0. The zero-order chi connectivity index (χ0) is 22.1. The van der Waals surface area contributed by atoms with E-state index in [1.165, 1.54) is 16.7 Å². The molecule has 1 aliphatic heterocycles. The van der Waals surface area contributed by atoms with Gasteiger partial charge in [0, 0.05) is 68.4 Å². The molecular weight excluding hydrogens is 398 g/mol. The number of fused-ring (bicyclic) bond motifs is 1. The van der Waals surface area contributed by atoms with Gasteiger partial charge < -0.3 is 5.32 Å². The van der Waals surface area contributed by atoms with Gasteiger partial charge in [-0.3, -0.25) is 4.90 Å². The molecule has 1 aromatic carbocycles. The lowest BCUT2D eigenvalue weighted by atomic mass is 10.0. The lowest BCUT2D eigenvalue weighted by Crippen LogP contribution is -2.42. The van der Waals surface area contributed by atoms with Gasteiger partial charge in [-0.25, -0.2) is 14.2 Å². The van der Waals surface area contributed by atoms with Gasteiger partial charge in [-0.1, -0.05) is 19.1 Å². The fraction of sp³-hybridized carbons (Fsp3) is 0.400. The molecule has 7 nitrogen and oxygen atoms in total. The number of piperazine rings is 1. The van der Waals surface area contributed by atoms with Crippen molar-refractivity contribution < 1.29 is 0 Å². The van der Waals surface area contributed by atoms with Crippen LogP contribution in [-0.4, -0.2) is 55.5 Å². The van der Waals surface area contributed by atoms with Crippen molar-refractivity contribution in [2.45, 2.75) is 40.2 Å². The SMILES string of the molecule is CCc1nn2cc(C)c(C)nc2c1Cc1ccc(-n2cc(CN3CCNCC3)cn2)cc1. The maximum Gasteiger partial charge on any atom is 0.158 e. The molecule has 32 heavy (non-hydrogen) atoms. The number of nitrogens with one attached hydrogen (secondary N) is 1. The molecule has 0 atom stereocenters. The van der Waals surface area contributed by atoms with Gasteiger partial charge in [0.2, 0.25) is 0 Å². The van der Waals surface area contributed by atoms with Crippen LogP contribution >= 0.6 is 0 Å². The third-order valence-corrected chi connectivity index (χ3v) is 6.39. The molecule has 1 fully saturated rings. The fourth-order valence-corrected chi connectivity index (χ4v) is 4.38. The van der Waals surface area contributed by atoms with E-state index in [1.54, 1.807) is 0 Å². The first kappa shape index (κ1) is 20.8. The van der Waals surface area contributed by atoms with Gasteiger partial charge in [-0.05, 0) is 43.5 Å². The van der Waals surface area contributed by atoms with Crippen molar-refractivity contribution >= 4 is 5.65 Å². The highest BCUT2D eigenvalue weighted by Gasteiger charge is 2.15. The Bertz CT molecular complexity index is 1210. The standard InChI is InChI=1S/C25H31N7/c1-4-24-23(25-28-19(3)18(2)15-32(25)29-24)13-20-5-7-22(8-6-20)31-17-21(14-27-31)16-30-11-9-26-10-12-30/h5-8,14-15,17,26H,4,9-13,16H2,1-3H3. The van der Waals surface area contributed by atoms with E-state index in [2.05, 4.69) is 72.7 Å². The van der Waals surface area contributed by atoms with Crippen LogP contribution in [0.3, 0.4) is 0 Å². The van der Waals surface area contributed by atoms with Crippen LogP contribution in [0.15, 0.2) is 42.9 Å². The Labute approximate surface area is 189 Å². The van der Waals surface area contributed by atoms with Crippen LogP contribution in [0.5, 0.6) is 0 Å². The topological polar surface area (TPSA) is 63.3 Å². The first-order chi connectivity index (χ1) is 15.6. The van der Waals surface area contributed by atoms with Crippen LogP contribution in [0.2, 0.25) is 0 Å². The van der Waals surface area contributed by atoms with E-state index in [0.717, 1.165) is 73.9 Å². The predicted molar refractivity (Wildman–Crippen MR) is 126 cm³/mol. The highest BCUT2D eigenvalue weighted by atomic mass is 15.3. The third-order valence-electron chi connectivity index (χ3n) is 6.39. The Kier molecular flexibility index (Phi) is 5.76. The fourth-order valence-electron chi connectivity index (χ4n) is 4.38. The number of benzene rings is 1. The molecular formula is C25H31N7. The first-order valence-electron chi connectivity index (χ1n) is 11.5. The summed E-state index contributed by atoms with van der Waals surface area (Å²) in [4.78, 5) is 7.31. The molecule has 1 saturated heterocycles. The van der Waals surface area contributed by atoms with E-state index in [9.17, 15) is 0 Å². The quantitative estimate of drug-likeness (QED) is 0.510. The van der Waals surface area contributed by atoms with Crippen LogP contribution in [0.1, 0.15) is 40.6 Å². The minimum Gasteiger partial charge on any atom is -0.314 e. The summed E-state index contributed by atoms with van der Waals surface area (Å²) in [5, 5.41) is 12.8. The number of hydrogen-bond acceptors (Lipinski definition) is 5. The predicted octanol–water partition coefficient (Wildman–Crippen LogP) is 3.09. The molecule has 0 amide bonds. The molecule has 1 N–H and O–H groups in total. The maximum atomic E-state index is 4.83. The third kappa shape index (κ3) is 4.18. The lowest BCUT2D eigenvalue weighted by molar-refractivity contribution is 0.233. The Balaban J connectivity index is 1.34. The number of aryl methyl sites for hydroxylation is 3. The van der Waals surface area contributed by atoms with Crippen LogP contribution < -0.4 is 5.32 Å². The zero-order valence-corrected chi connectivity index (χ0v) is 19.2. The second-order valence-electron chi connectivity index (χ2n) is 8.72. The lowest BCUT2D eigenvalue weighted by Gasteiger charge is -2.26. The molecule has 166 valence electrons. The normalized spacial score (nSPS) is 15.0. The molecule has 0 spiro atoms. The summed E-state index contributed by atoms with van der Waals surface area (Å²) < 4.78 is 3.91. The smallest absolute Gasteiger partial charge is 0.158 e. The van der Waals surface area contributed by atoms with Crippen molar-refractivity contribution in [2.75, 3.05) is 26.2 Å². The average Bonchev–Trinajstić information content (AvgIpc) is 3.40. The second-order valence-corrected chi connectivity index (χ2v) is 8.72. The number of hydrogen-bond donors (Lipinski definition) is 1. The van der Waals surface area contributed by atoms with Crippen molar-refractivity contribution in [3.05, 3.63) is 76.5 Å². The Hall–Kier alpha value is -3.03. The minimum absolute atomic E-state index is 0.829. The molecule has 0 unspecified atom stereocenters. The van der Waals surface area contributed by atoms with Gasteiger partial charge in [0.1, 0.15) is 0 Å². The summed E-state index contributed by atoms with van der Waals surface area (Å²) in [7, 11) is 0. The molecule has 4 heterocycles. The number of aromatic nitrogens is 5. The van der Waals surface area contributed by atoms with Gasteiger partial charge in [0.05, 0.1) is 17.6 Å². The Morgan fingerprint density at radius 1 is 1.00 bits per heavy atom. The van der Waals surface area contributed by atoms with Gasteiger partial charge in [0.15, 0.2) is 5.65 Å². The summed E-state index contributed by atoms with van der Waals surface area (Å²) in [5.41, 5.74) is 9.13. The number of rotatable bonds is 6. The van der Waals surface area contributed by atoms with Crippen LogP contribution in [0.4, 0.5) is 0 Å². The highest BCUT2D eigenvalue weighted by molar-refractivity contribution is 5.53. The molecule has 7 heteroatoms. The van der Waals surface area contributed by atoms with Gasteiger partial charge in [-0.2, -0.15) is 10.2 Å². The van der Waals surface area contributed by atoms with E-state index in [-0.39, 0.29) is 0 Å². The molecule has 1 aliphatic rings. The van der Waals surface area contributed by atoms with Gasteiger partial charge >= 0.3 is 0 Å². The maximum absolute atomic E-state index is 4.83. The summed E-state index contributed by atoms with van der Waals surface area (Å²) in [5.74, 6) is 0. The Morgan fingerprint density at radius 3 is 2.53 bits per heavy atom. The van der Waals surface area contributed by atoms with Gasteiger partial charge in [-0.15, -0.1) is 0 Å². The molecule has 0 aliphatic carbocycles. The van der Waals surface area contributed by atoms with E-state index < -0.39 is 0 Å². The van der Waals surface area contributed by atoms with Crippen LogP contribution in [0.25, 0.3) is 11.3 Å². The first-order valence-corrected chi connectivity index (χ1v) is 11.5. The van der Waals surface area contributed by atoms with Crippen molar-refractivity contribution in [1.82, 2.24) is 34.6 Å². The molecule has 0 saturated carbocycles. The van der Waals surface area contributed by atoms with E-state index in [0.29, 0.717) is 0 Å². The molecule has 4 aromatic rings. The van der Waals surface area contributed by atoms with Crippen molar-refractivity contribution in [1.29, 1.82) is 0 Å². The summed E-state index contributed by atoms with van der Waals surface area (Å²) in [6, 6.07) is 8.68. The Morgan fingerprint density at radius 2 is 1.78 bits per heavy atom. The molecule has 3 aromatic heterocycles. The van der Waals surface area contributed by atoms with Crippen LogP contribution in [0, 0.1) is 13.8 Å². The monoisotopic (exact) mass is 429 g/mol. The summed E-state index contributed by atoms with van der Waals surface area (Å²) in [6.45, 7) is 11.6. The van der Waals surface area contributed by atoms with E-state index in [4.69, 9.17) is 10.1 Å². The molecule has 0 radical (unpaired) electrons. The van der Waals surface area contributed by atoms with Crippen molar-refractivity contribution in [3.8, 4) is 5.69 Å². The highest BCUT2D eigenvalue weighted by Crippen LogP contribution is 2.21. The second kappa shape index (κ2) is 8.84. The summed E-state index contributed by atoms with van der Waals surface area (Å²) in [6.07, 6.45) is 7.94. The largest absolute Gasteiger partial charge is 0.314 e. The van der Waals surface area contributed by atoms with Crippen molar-refractivity contribution in [2.24, 2.45) is 0 Å². The van der Waals surface area contributed by atoms with Crippen molar-refractivity contribution in [3.63, 3.8) is 0 Å².